The number of nitrogens with zero attached hydrogens (tertiary/aromatic N) is 1. The van der Waals surface area contributed by atoms with E-state index in [9.17, 15) is 0 Å². The molecular weight excluding hydrogens is 256 g/mol. The van der Waals surface area contributed by atoms with Crippen LogP contribution in [0, 0.1) is 0 Å². The van der Waals surface area contributed by atoms with Gasteiger partial charge in [0.15, 0.2) is 0 Å². The zero-order chi connectivity index (χ0) is 12.9. The van der Waals surface area contributed by atoms with Gasteiger partial charge in [-0.05, 0) is 12.8 Å². The average molecular weight is 274 g/mol. The SMILES string of the molecule is c1ccc(-c2nc(CN[C@@H]3CCCOC3)cs2)cc1. The first kappa shape index (κ1) is 12.8. The van der Waals surface area contributed by atoms with Crippen molar-refractivity contribution in [2.24, 2.45) is 0 Å². The zero-order valence-corrected chi connectivity index (χ0v) is 11.7. The molecule has 1 aromatic heterocycles. The number of hydrogen-bond acceptors (Lipinski definition) is 4. The fourth-order valence-corrected chi connectivity index (χ4v) is 3.08. The van der Waals surface area contributed by atoms with Crippen molar-refractivity contribution >= 4 is 11.3 Å². The van der Waals surface area contributed by atoms with Crippen molar-refractivity contribution in [1.29, 1.82) is 0 Å². The molecule has 100 valence electrons. The van der Waals surface area contributed by atoms with Crippen molar-refractivity contribution in [3.05, 3.63) is 41.4 Å². The molecule has 1 aliphatic heterocycles. The lowest BCUT2D eigenvalue weighted by Crippen LogP contribution is -2.36. The summed E-state index contributed by atoms with van der Waals surface area (Å²) in [6, 6.07) is 10.8. The van der Waals surface area contributed by atoms with Gasteiger partial charge in [0.1, 0.15) is 5.01 Å². The second kappa shape index (κ2) is 6.28. The second-order valence-corrected chi connectivity index (χ2v) is 5.66. The third-order valence-corrected chi connectivity index (χ3v) is 4.24. The number of thiazole rings is 1. The summed E-state index contributed by atoms with van der Waals surface area (Å²) in [5.74, 6) is 0. The molecule has 0 radical (unpaired) electrons. The van der Waals surface area contributed by atoms with Gasteiger partial charge in [-0.25, -0.2) is 4.98 Å². The molecule has 1 N–H and O–H groups in total. The standard InChI is InChI=1S/C15H18N2OS/c1-2-5-12(6-3-1)15-17-14(11-19-15)9-16-13-7-4-8-18-10-13/h1-3,5-6,11,13,16H,4,7-10H2/t13-/m1/s1. The highest BCUT2D eigenvalue weighted by Gasteiger charge is 2.13. The quantitative estimate of drug-likeness (QED) is 0.930. The Morgan fingerprint density at radius 1 is 1.32 bits per heavy atom. The first-order valence-electron chi connectivity index (χ1n) is 6.73. The number of aromatic nitrogens is 1. The lowest BCUT2D eigenvalue weighted by Gasteiger charge is -2.22. The summed E-state index contributed by atoms with van der Waals surface area (Å²) in [5.41, 5.74) is 2.31. The van der Waals surface area contributed by atoms with Crippen LogP contribution in [0.25, 0.3) is 10.6 Å². The summed E-state index contributed by atoms with van der Waals surface area (Å²) in [6.07, 6.45) is 2.36. The van der Waals surface area contributed by atoms with Crippen LogP contribution in [0.2, 0.25) is 0 Å². The van der Waals surface area contributed by atoms with Crippen LogP contribution in [0.1, 0.15) is 18.5 Å². The van der Waals surface area contributed by atoms with Gasteiger partial charge in [0.2, 0.25) is 0 Å². The molecule has 0 amide bonds. The van der Waals surface area contributed by atoms with E-state index in [1.807, 2.05) is 18.2 Å². The molecule has 19 heavy (non-hydrogen) atoms. The van der Waals surface area contributed by atoms with Gasteiger partial charge in [0.25, 0.3) is 0 Å². The monoisotopic (exact) mass is 274 g/mol. The molecule has 1 saturated heterocycles. The predicted molar refractivity (Wildman–Crippen MR) is 78.2 cm³/mol. The highest BCUT2D eigenvalue weighted by Crippen LogP contribution is 2.23. The predicted octanol–water partition coefficient (Wildman–Crippen LogP) is 3.08. The molecule has 4 heteroatoms. The smallest absolute Gasteiger partial charge is 0.123 e. The van der Waals surface area contributed by atoms with Gasteiger partial charge in [0.05, 0.1) is 12.3 Å². The summed E-state index contributed by atoms with van der Waals surface area (Å²) in [5, 5.41) is 6.75. The van der Waals surface area contributed by atoms with E-state index in [0.717, 1.165) is 36.9 Å². The van der Waals surface area contributed by atoms with Gasteiger partial charge in [-0.2, -0.15) is 0 Å². The van der Waals surface area contributed by atoms with E-state index in [4.69, 9.17) is 4.74 Å². The summed E-state index contributed by atoms with van der Waals surface area (Å²) in [6.45, 7) is 2.57. The van der Waals surface area contributed by atoms with Crippen molar-refractivity contribution in [1.82, 2.24) is 10.3 Å². The number of nitrogens with one attached hydrogen (secondary N) is 1. The van der Waals surface area contributed by atoms with E-state index in [-0.39, 0.29) is 0 Å². The Bertz CT molecular complexity index is 506. The van der Waals surface area contributed by atoms with Gasteiger partial charge < -0.3 is 10.1 Å². The Kier molecular flexibility index (Phi) is 4.23. The van der Waals surface area contributed by atoms with Gasteiger partial charge in [-0.1, -0.05) is 30.3 Å². The van der Waals surface area contributed by atoms with Crippen LogP contribution >= 0.6 is 11.3 Å². The highest BCUT2D eigenvalue weighted by atomic mass is 32.1. The molecule has 0 saturated carbocycles. The van der Waals surface area contributed by atoms with E-state index >= 15 is 0 Å². The minimum absolute atomic E-state index is 0.482. The van der Waals surface area contributed by atoms with Crippen LogP contribution < -0.4 is 5.32 Å². The van der Waals surface area contributed by atoms with Crippen LogP contribution in [0.4, 0.5) is 0 Å². The van der Waals surface area contributed by atoms with Crippen LogP contribution in [0.5, 0.6) is 0 Å². The van der Waals surface area contributed by atoms with Crippen molar-refractivity contribution < 1.29 is 4.74 Å². The van der Waals surface area contributed by atoms with Crippen molar-refractivity contribution in [2.45, 2.75) is 25.4 Å². The Morgan fingerprint density at radius 3 is 3.00 bits per heavy atom. The Labute approximate surface area is 117 Å². The fourth-order valence-electron chi connectivity index (χ4n) is 2.25. The van der Waals surface area contributed by atoms with Crippen LogP contribution in [-0.2, 0) is 11.3 Å². The summed E-state index contributed by atoms with van der Waals surface area (Å²) >= 11 is 1.71. The van der Waals surface area contributed by atoms with Crippen molar-refractivity contribution in [3.8, 4) is 10.6 Å². The molecule has 0 bridgehead atoms. The number of benzene rings is 1. The van der Waals surface area contributed by atoms with E-state index < -0.39 is 0 Å². The van der Waals surface area contributed by atoms with Gasteiger partial charge in [-0.3, -0.25) is 0 Å². The summed E-state index contributed by atoms with van der Waals surface area (Å²) in [7, 11) is 0. The first-order valence-corrected chi connectivity index (χ1v) is 7.61. The fraction of sp³-hybridized carbons (Fsp3) is 0.400. The van der Waals surface area contributed by atoms with Gasteiger partial charge in [0, 0.05) is 30.1 Å². The summed E-state index contributed by atoms with van der Waals surface area (Å²) < 4.78 is 5.46. The Hall–Kier alpha value is -1.23. The molecule has 3 rings (SSSR count). The van der Waals surface area contributed by atoms with Gasteiger partial charge in [-0.15, -0.1) is 11.3 Å². The third-order valence-electron chi connectivity index (χ3n) is 3.30. The van der Waals surface area contributed by atoms with E-state index in [1.165, 1.54) is 12.0 Å². The topological polar surface area (TPSA) is 34.2 Å². The molecule has 0 aliphatic carbocycles. The molecule has 2 aromatic rings. The average Bonchev–Trinajstić information content (AvgIpc) is 2.96. The Morgan fingerprint density at radius 2 is 2.21 bits per heavy atom. The molecule has 1 aliphatic rings. The molecule has 1 fully saturated rings. The zero-order valence-electron chi connectivity index (χ0n) is 10.8. The molecule has 0 unspecified atom stereocenters. The maximum atomic E-state index is 5.46. The number of rotatable bonds is 4. The lowest BCUT2D eigenvalue weighted by atomic mass is 10.1. The van der Waals surface area contributed by atoms with Crippen LogP contribution in [0.3, 0.4) is 0 Å². The van der Waals surface area contributed by atoms with E-state index in [2.05, 4.69) is 27.8 Å². The molecular formula is C15H18N2OS. The van der Waals surface area contributed by atoms with E-state index in [1.54, 1.807) is 11.3 Å². The minimum atomic E-state index is 0.482. The maximum absolute atomic E-state index is 5.46. The third kappa shape index (κ3) is 3.41. The lowest BCUT2D eigenvalue weighted by molar-refractivity contribution is 0.0698. The van der Waals surface area contributed by atoms with Crippen molar-refractivity contribution in [3.63, 3.8) is 0 Å². The molecule has 1 aromatic carbocycles. The van der Waals surface area contributed by atoms with E-state index in [0.29, 0.717) is 6.04 Å². The molecule has 0 spiro atoms. The number of hydrogen-bond donors (Lipinski definition) is 1. The van der Waals surface area contributed by atoms with Crippen molar-refractivity contribution in [2.75, 3.05) is 13.2 Å². The summed E-state index contributed by atoms with van der Waals surface area (Å²) in [4.78, 5) is 4.68. The largest absolute Gasteiger partial charge is 0.380 e. The van der Waals surface area contributed by atoms with Crippen LogP contribution in [-0.4, -0.2) is 24.2 Å². The molecule has 1 atom stereocenters. The number of ether oxygens (including phenoxy) is 1. The Balaban J connectivity index is 1.59. The second-order valence-electron chi connectivity index (χ2n) is 4.80. The minimum Gasteiger partial charge on any atom is -0.380 e. The van der Waals surface area contributed by atoms with Crippen LogP contribution in [0.15, 0.2) is 35.7 Å². The molecule has 2 heterocycles. The first-order chi connectivity index (χ1) is 9.42. The highest BCUT2D eigenvalue weighted by molar-refractivity contribution is 7.13. The normalized spacial score (nSPS) is 19.5. The molecule has 3 nitrogen and oxygen atoms in total. The van der Waals surface area contributed by atoms with Gasteiger partial charge >= 0.3 is 0 Å². The maximum Gasteiger partial charge on any atom is 0.123 e.